The molecule has 0 saturated heterocycles. The fourth-order valence-electron chi connectivity index (χ4n) is 3.18. The lowest BCUT2D eigenvalue weighted by Crippen LogP contribution is -2.27. The highest BCUT2D eigenvalue weighted by molar-refractivity contribution is 7.99. The van der Waals surface area contributed by atoms with Crippen molar-refractivity contribution in [3.8, 4) is 34.3 Å². The highest BCUT2D eigenvalue weighted by Crippen LogP contribution is 2.35. The quantitative estimate of drug-likeness (QED) is 0.493. The molecule has 0 bridgehead atoms. The summed E-state index contributed by atoms with van der Waals surface area (Å²) < 4.78 is 21.3. The van der Waals surface area contributed by atoms with E-state index < -0.39 is 0 Å². The lowest BCUT2D eigenvalue weighted by molar-refractivity contribution is -0.118. The minimum absolute atomic E-state index is 0.0582. The van der Waals surface area contributed by atoms with Gasteiger partial charge in [0, 0.05) is 12.1 Å². The van der Waals surface area contributed by atoms with E-state index in [-0.39, 0.29) is 18.5 Å². The Morgan fingerprint density at radius 1 is 1.00 bits per heavy atom. The third kappa shape index (κ3) is 5.23. The molecule has 32 heavy (non-hydrogen) atoms. The standard InChI is InChI=1S/C23H23N3O5S/c1-28-18-6-3-15(11-20(18)29-2)9-10-24-22(27)13-32-23-8-5-17(25-26-23)16-4-7-19-21(12-16)31-14-30-19/h3-8,11-12H,9-10,13-14H2,1-2H3,(H,24,27). The molecule has 1 aromatic heterocycles. The zero-order valence-corrected chi connectivity index (χ0v) is 18.6. The first-order chi connectivity index (χ1) is 15.7. The average Bonchev–Trinajstić information content (AvgIpc) is 3.31. The fraction of sp³-hybridized carbons (Fsp3) is 0.261. The Morgan fingerprint density at radius 3 is 2.62 bits per heavy atom. The van der Waals surface area contributed by atoms with E-state index in [9.17, 15) is 4.79 Å². The van der Waals surface area contributed by atoms with Crippen molar-refractivity contribution in [3.63, 3.8) is 0 Å². The van der Waals surface area contributed by atoms with Crippen LogP contribution in [0.2, 0.25) is 0 Å². The number of thioether (sulfide) groups is 1. The van der Waals surface area contributed by atoms with E-state index in [2.05, 4.69) is 15.5 Å². The number of nitrogens with zero attached hydrogens (tertiary/aromatic N) is 2. The molecule has 0 aliphatic carbocycles. The fourth-order valence-corrected chi connectivity index (χ4v) is 3.82. The van der Waals surface area contributed by atoms with E-state index in [0.717, 1.165) is 22.6 Å². The first-order valence-corrected chi connectivity index (χ1v) is 11.0. The third-order valence-electron chi connectivity index (χ3n) is 4.84. The number of carbonyl (C=O) groups excluding carboxylic acids is 1. The molecule has 0 atom stereocenters. The van der Waals surface area contributed by atoms with Gasteiger partial charge in [0.2, 0.25) is 12.7 Å². The molecule has 2 aromatic carbocycles. The van der Waals surface area contributed by atoms with Crippen molar-refractivity contribution in [2.75, 3.05) is 33.3 Å². The Hall–Kier alpha value is -3.46. The van der Waals surface area contributed by atoms with Gasteiger partial charge in [0.15, 0.2) is 23.0 Å². The second kappa shape index (κ2) is 10.2. The van der Waals surface area contributed by atoms with Crippen LogP contribution >= 0.6 is 11.8 Å². The zero-order valence-electron chi connectivity index (χ0n) is 17.8. The number of hydrogen-bond acceptors (Lipinski definition) is 8. The molecule has 4 rings (SSSR count). The van der Waals surface area contributed by atoms with Gasteiger partial charge in [-0.1, -0.05) is 17.8 Å². The van der Waals surface area contributed by atoms with Crippen LogP contribution in [0.4, 0.5) is 0 Å². The number of hydrogen-bond donors (Lipinski definition) is 1. The smallest absolute Gasteiger partial charge is 0.231 e. The Bertz CT molecular complexity index is 1090. The van der Waals surface area contributed by atoms with E-state index >= 15 is 0 Å². The van der Waals surface area contributed by atoms with Gasteiger partial charge in [-0.15, -0.1) is 10.2 Å². The van der Waals surface area contributed by atoms with E-state index in [1.54, 1.807) is 14.2 Å². The number of aromatic nitrogens is 2. The van der Waals surface area contributed by atoms with Gasteiger partial charge in [0.05, 0.1) is 25.7 Å². The Morgan fingerprint density at radius 2 is 1.84 bits per heavy atom. The van der Waals surface area contributed by atoms with Crippen LogP contribution in [-0.2, 0) is 11.2 Å². The van der Waals surface area contributed by atoms with E-state index in [4.69, 9.17) is 18.9 Å². The molecule has 0 saturated carbocycles. The van der Waals surface area contributed by atoms with Crippen molar-refractivity contribution in [1.82, 2.24) is 15.5 Å². The van der Waals surface area contributed by atoms with Crippen LogP contribution in [0, 0.1) is 0 Å². The summed E-state index contributed by atoms with van der Waals surface area (Å²) in [5.41, 5.74) is 2.68. The summed E-state index contributed by atoms with van der Waals surface area (Å²) in [4.78, 5) is 12.2. The molecular formula is C23H23N3O5S. The van der Waals surface area contributed by atoms with Crippen LogP contribution in [0.15, 0.2) is 53.6 Å². The van der Waals surface area contributed by atoms with Gasteiger partial charge in [0.1, 0.15) is 5.03 Å². The molecule has 0 radical (unpaired) electrons. The molecule has 8 nitrogen and oxygen atoms in total. The number of methoxy groups -OCH3 is 2. The Labute approximate surface area is 190 Å². The van der Waals surface area contributed by atoms with E-state index in [1.807, 2.05) is 48.5 Å². The van der Waals surface area contributed by atoms with Crippen molar-refractivity contribution in [2.45, 2.75) is 11.4 Å². The number of carbonyl (C=O) groups is 1. The highest BCUT2D eigenvalue weighted by Gasteiger charge is 2.14. The number of fused-ring (bicyclic) bond motifs is 1. The Kier molecular flexibility index (Phi) is 6.96. The van der Waals surface area contributed by atoms with E-state index in [0.29, 0.717) is 35.2 Å². The maximum absolute atomic E-state index is 12.2. The largest absolute Gasteiger partial charge is 0.493 e. The van der Waals surface area contributed by atoms with Crippen molar-refractivity contribution < 1.29 is 23.7 Å². The lowest BCUT2D eigenvalue weighted by atomic mass is 10.1. The van der Waals surface area contributed by atoms with Crippen LogP contribution in [0.1, 0.15) is 5.56 Å². The molecule has 1 amide bonds. The van der Waals surface area contributed by atoms with Crippen LogP contribution < -0.4 is 24.3 Å². The SMILES string of the molecule is COc1ccc(CCNC(=O)CSc2ccc(-c3ccc4c(c3)OCO4)nn2)cc1OC. The second-order valence-corrected chi connectivity index (χ2v) is 7.90. The average molecular weight is 454 g/mol. The first kappa shape index (κ1) is 21.8. The van der Waals surface area contributed by atoms with Gasteiger partial charge < -0.3 is 24.3 Å². The first-order valence-electron chi connectivity index (χ1n) is 10.0. The monoisotopic (exact) mass is 453 g/mol. The molecule has 0 unspecified atom stereocenters. The predicted octanol–water partition coefficient (Wildman–Crippen LogP) is 3.34. The Balaban J connectivity index is 1.24. The van der Waals surface area contributed by atoms with Crippen molar-refractivity contribution in [3.05, 3.63) is 54.1 Å². The zero-order chi connectivity index (χ0) is 22.3. The van der Waals surface area contributed by atoms with Crippen molar-refractivity contribution in [2.24, 2.45) is 0 Å². The third-order valence-corrected chi connectivity index (χ3v) is 5.76. The summed E-state index contributed by atoms with van der Waals surface area (Å²) in [5, 5.41) is 12.1. The molecular weight excluding hydrogens is 430 g/mol. The maximum atomic E-state index is 12.2. The van der Waals surface area contributed by atoms with E-state index in [1.165, 1.54) is 11.8 Å². The van der Waals surface area contributed by atoms with Gasteiger partial charge in [-0.05, 0) is 54.4 Å². The maximum Gasteiger partial charge on any atom is 0.231 e. The summed E-state index contributed by atoms with van der Waals surface area (Å²) >= 11 is 1.34. The minimum Gasteiger partial charge on any atom is -0.493 e. The van der Waals surface area contributed by atoms with Crippen molar-refractivity contribution in [1.29, 1.82) is 0 Å². The molecule has 0 fully saturated rings. The summed E-state index contributed by atoms with van der Waals surface area (Å²) in [6.45, 7) is 0.764. The molecule has 9 heteroatoms. The molecule has 0 spiro atoms. The van der Waals surface area contributed by atoms with Crippen LogP contribution in [0.25, 0.3) is 11.3 Å². The number of nitrogens with one attached hydrogen (secondary N) is 1. The van der Waals surface area contributed by atoms with Gasteiger partial charge in [-0.3, -0.25) is 4.79 Å². The summed E-state index contributed by atoms with van der Waals surface area (Å²) in [5.74, 6) is 3.00. The summed E-state index contributed by atoms with van der Waals surface area (Å²) in [6.07, 6.45) is 0.695. The highest BCUT2D eigenvalue weighted by atomic mass is 32.2. The number of rotatable bonds is 9. The molecule has 2 heterocycles. The number of benzene rings is 2. The predicted molar refractivity (Wildman–Crippen MR) is 121 cm³/mol. The minimum atomic E-state index is -0.0582. The molecule has 3 aromatic rings. The normalized spacial score (nSPS) is 11.8. The van der Waals surface area contributed by atoms with Crippen molar-refractivity contribution >= 4 is 17.7 Å². The molecule has 1 N–H and O–H groups in total. The second-order valence-electron chi connectivity index (χ2n) is 6.90. The molecule has 1 aliphatic rings. The van der Waals surface area contributed by atoms with Gasteiger partial charge >= 0.3 is 0 Å². The number of amides is 1. The summed E-state index contributed by atoms with van der Waals surface area (Å²) in [7, 11) is 3.20. The van der Waals surface area contributed by atoms with Gasteiger partial charge in [0.25, 0.3) is 0 Å². The van der Waals surface area contributed by atoms with Gasteiger partial charge in [-0.25, -0.2) is 0 Å². The summed E-state index contributed by atoms with van der Waals surface area (Å²) in [6, 6.07) is 15.1. The van der Waals surface area contributed by atoms with Crippen LogP contribution in [-0.4, -0.2) is 49.4 Å². The molecule has 166 valence electrons. The topological polar surface area (TPSA) is 91.8 Å². The van der Waals surface area contributed by atoms with Crippen LogP contribution in [0.3, 0.4) is 0 Å². The van der Waals surface area contributed by atoms with Gasteiger partial charge in [-0.2, -0.15) is 0 Å². The number of ether oxygens (including phenoxy) is 4. The lowest BCUT2D eigenvalue weighted by Gasteiger charge is -2.10. The van der Waals surface area contributed by atoms with Crippen LogP contribution in [0.5, 0.6) is 23.0 Å². The molecule has 1 aliphatic heterocycles.